The third-order valence-corrected chi connectivity index (χ3v) is 6.97. The molecule has 4 atom stereocenters. The molecule has 3 aliphatic heterocycles. The molecule has 1 aliphatic carbocycles. The minimum absolute atomic E-state index is 0.109. The molecule has 1 N–H and O–H groups in total. The van der Waals surface area contributed by atoms with Gasteiger partial charge in [-0.1, -0.05) is 18.2 Å². The lowest BCUT2D eigenvalue weighted by atomic mass is 9.82. The van der Waals surface area contributed by atoms with E-state index in [1.165, 1.54) is 5.56 Å². The number of nitrogens with zero attached hydrogens (tertiary/aromatic N) is 1. The second-order valence-electron chi connectivity index (χ2n) is 8.30. The Balaban J connectivity index is 1.57. The largest absolute Gasteiger partial charge is 0.489 e. The van der Waals surface area contributed by atoms with Crippen molar-refractivity contribution in [1.29, 1.82) is 0 Å². The predicted octanol–water partition coefficient (Wildman–Crippen LogP) is 2.84. The third kappa shape index (κ3) is 4.56. The van der Waals surface area contributed by atoms with Crippen LogP contribution in [0.4, 0.5) is 0 Å². The van der Waals surface area contributed by atoms with Crippen LogP contribution in [0.5, 0.6) is 5.75 Å². The standard InChI is InChI=1S/C21H32N2O3S/c1-15-13-23-12-11-19(22-27(2)24)20(23)14-25-17-9-7-16(8-10-17)18-5-3-4-6-21(18)26-15/h3-6,15-17,19-20,22H,7-14H2,1-2H3/t15-,16?,17?,19+,20+,27?/m1/s1. The van der Waals surface area contributed by atoms with Gasteiger partial charge in [-0.25, -0.2) is 8.93 Å². The van der Waals surface area contributed by atoms with E-state index in [1.807, 2.05) is 0 Å². The Bertz CT molecular complexity index is 663. The lowest BCUT2D eigenvalue weighted by Gasteiger charge is -2.32. The Labute approximate surface area is 165 Å². The highest BCUT2D eigenvalue weighted by Gasteiger charge is 2.37. The molecule has 2 fully saturated rings. The Morgan fingerprint density at radius 1 is 1.15 bits per heavy atom. The van der Waals surface area contributed by atoms with Gasteiger partial charge in [0.2, 0.25) is 0 Å². The molecule has 4 aliphatic rings. The van der Waals surface area contributed by atoms with Gasteiger partial charge in [-0.15, -0.1) is 0 Å². The molecule has 6 heteroatoms. The number of hydrogen-bond donors (Lipinski definition) is 1. The maximum absolute atomic E-state index is 11.7. The zero-order chi connectivity index (χ0) is 18.8. The number of benzene rings is 1. The zero-order valence-electron chi connectivity index (χ0n) is 16.4. The molecule has 5 nitrogen and oxygen atoms in total. The van der Waals surface area contributed by atoms with Gasteiger partial charge in [0.1, 0.15) is 11.9 Å². The fraction of sp³-hybridized carbons (Fsp3) is 0.714. The summed E-state index contributed by atoms with van der Waals surface area (Å²) in [6.45, 7) is 4.73. The van der Waals surface area contributed by atoms with Crippen LogP contribution in [0.25, 0.3) is 0 Å². The summed E-state index contributed by atoms with van der Waals surface area (Å²) in [4.78, 5) is 2.46. The van der Waals surface area contributed by atoms with E-state index in [1.54, 1.807) is 6.26 Å². The Morgan fingerprint density at radius 3 is 2.70 bits per heavy atom. The summed E-state index contributed by atoms with van der Waals surface area (Å²) in [6, 6.07) is 9.05. The summed E-state index contributed by atoms with van der Waals surface area (Å²) in [6.07, 6.45) is 7.72. The molecule has 0 amide bonds. The maximum Gasteiger partial charge on any atom is 0.123 e. The molecule has 150 valence electrons. The first-order chi connectivity index (χ1) is 13.1. The van der Waals surface area contributed by atoms with E-state index in [0.717, 1.165) is 50.9 Å². The number of para-hydroxylation sites is 1. The van der Waals surface area contributed by atoms with Crippen molar-refractivity contribution in [3.63, 3.8) is 0 Å². The van der Waals surface area contributed by atoms with Crippen LogP contribution in [-0.4, -0.2) is 59.4 Å². The molecule has 1 aromatic carbocycles. The van der Waals surface area contributed by atoms with Gasteiger partial charge in [0.05, 0.1) is 23.7 Å². The van der Waals surface area contributed by atoms with E-state index < -0.39 is 11.0 Å². The smallest absolute Gasteiger partial charge is 0.123 e. The van der Waals surface area contributed by atoms with Gasteiger partial charge in [0.15, 0.2) is 0 Å². The average molecular weight is 393 g/mol. The van der Waals surface area contributed by atoms with E-state index in [0.29, 0.717) is 18.6 Å². The SMILES string of the molecule is C[C@@H]1CN2CC[C@H](NS(C)=O)[C@@H]2COC2CCC(CC2)c2ccccc2O1. The second kappa shape index (κ2) is 8.60. The molecular formula is C21H32N2O3S. The Morgan fingerprint density at radius 2 is 1.93 bits per heavy atom. The molecule has 0 radical (unpaired) electrons. The molecule has 1 unspecified atom stereocenters. The van der Waals surface area contributed by atoms with Crippen molar-refractivity contribution in [2.45, 2.75) is 69.2 Å². The molecule has 1 aromatic rings. The van der Waals surface area contributed by atoms with Gasteiger partial charge in [0, 0.05) is 31.4 Å². The summed E-state index contributed by atoms with van der Waals surface area (Å²) >= 11 is 0. The molecule has 2 bridgehead atoms. The maximum atomic E-state index is 11.7. The van der Waals surface area contributed by atoms with Gasteiger partial charge < -0.3 is 9.47 Å². The highest BCUT2D eigenvalue weighted by atomic mass is 32.2. The van der Waals surface area contributed by atoms with Gasteiger partial charge in [-0.05, 0) is 56.6 Å². The highest BCUT2D eigenvalue weighted by molar-refractivity contribution is 7.82. The third-order valence-electron chi connectivity index (χ3n) is 6.33. The van der Waals surface area contributed by atoms with Gasteiger partial charge >= 0.3 is 0 Å². The average Bonchev–Trinajstić information content (AvgIpc) is 3.01. The molecule has 0 aromatic heterocycles. The summed E-state index contributed by atoms with van der Waals surface area (Å²) in [5, 5.41) is 0. The van der Waals surface area contributed by atoms with Crippen molar-refractivity contribution in [2.24, 2.45) is 0 Å². The van der Waals surface area contributed by atoms with Crippen LogP contribution in [0.1, 0.15) is 50.5 Å². The highest BCUT2D eigenvalue weighted by Crippen LogP contribution is 2.39. The molecule has 1 saturated heterocycles. The minimum atomic E-state index is -1.00. The first-order valence-corrected chi connectivity index (χ1v) is 11.9. The first-order valence-electron chi connectivity index (χ1n) is 10.3. The van der Waals surface area contributed by atoms with Crippen molar-refractivity contribution < 1.29 is 13.7 Å². The van der Waals surface area contributed by atoms with Crippen LogP contribution >= 0.6 is 0 Å². The second-order valence-corrected chi connectivity index (χ2v) is 9.45. The van der Waals surface area contributed by atoms with Crippen LogP contribution in [0.2, 0.25) is 0 Å². The summed E-state index contributed by atoms with van der Waals surface area (Å²) in [5.41, 5.74) is 1.36. The lowest BCUT2D eigenvalue weighted by Crippen LogP contribution is -2.48. The van der Waals surface area contributed by atoms with E-state index in [-0.39, 0.29) is 18.2 Å². The fourth-order valence-electron chi connectivity index (χ4n) is 5.00. The summed E-state index contributed by atoms with van der Waals surface area (Å²) < 4.78 is 27.8. The van der Waals surface area contributed by atoms with Gasteiger partial charge in [-0.2, -0.15) is 0 Å². The fourth-order valence-corrected chi connectivity index (χ4v) is 5.70. The zero-order valence-corrected chi connectivity index (χ0v) is 17.2. The topological polar surface area (TPSA) is 50.8 Å². The Hall–Kier alpha value is -0.950. The van der Waals surface area contributed by atoms with E-state index >= 15 is 0 Å². The summed E-state index contributed by atoms with van der Waals surface area (Å²) in [7, 11) is -1.00. The number of nitrogens with one attached hydrogen (secondary N) is 1. The van der Waals surface area contributed by atoms with Gasteiger partial charge in [-0.3, -0.25) is 4.90 Å². The van der Waals surface area contributed by atoms with Crippen LogP contribution in [-0.2, 0) is 15.7 Å². The normalized spacial score (nSPS) is 35.9. The van der Waals surface area contributed by atoms with Crippen LogP contribution in [0, 0.1) is 0 Å². The molecular weight excluding hydrogens is 360 g/mol. The predicted molar refractivity (Wildman–Crippen MR) is 108 cm³/mol. The van der Waals surface area contributed by atoms with Crippen molar-refractivity contribution in [2.75, 3.05) is 26.0 Å². The molecule has 0 spiro atoms. The van der Waals surface area contributed by atoms with Crippen LogP contribution < -0.4 is 9.46 Å². The number of ether oxygens (including phenoxy) is 2. The molecule has 3 heterocycles. The number of hydrogen-bond acceptors (Lipinski definition) is 4. The monoisotopic (exact) mass is 392 g/mol. The van der Waals surface area contributed by atoms with Crippen molar-refractivity contribution in [1.82, 2.24) is 9.62 Å². The van der Waals surface area contributed by atoms with Crippen molar-refractivity contribution in [3.05, 3.63) is 29.8 Å². The van der Waals surface area contributed by atoms with Crippen LogP contribution in [0.3, 0.4) is 0 Å². The minimum Gasteiger partial charge on any atom is -0.489 e. The lowest BCUT2D eigenvalue weighted by molar-refractivity contribution is -0.00888. The van der Waals surface area contributed by atoms with Crippen molar-refractivity contribution in [3.8, 4) is 5.75 Å². The Kier molecular flexibility index (Phi) is 6.17. The number of rotatable bonds is 2. The molecule has 5 rings (SSSR count). The van der Waals surface area contributed by atoms with Gasteiger partial charge in [0.25, 0.3) is 0 Å². The molecule has 1 saturated carbocycles. The van der Waals surface area contributed by atoms with Crippen molar-refractivity contribution >= 4 is 11.0 Å². The van der Waals surface area contributed by atoms with E-state index in [4.69, 9.17) is 9.47 Å². The van der Waals surface area contributed by atoms with E-state index in [2.05, 4.69) is 40.8 Å². The molecule has 27 heavy (non-hydrogen) atoms. The number of fused-ring (bicyclic) bond motifs is 5. The summed E-state index contributed by atoms with van der Waals surface area (Å²) in [5.74, 6) is 1.62. The first kappa shape index (κ1) is 19.4. The quantitative estimate of drug-likeness (QED) is 0.841. The van der Waals surface area contributed by atoms with E-state index in [9.17, 15) is 4.21 Å². The van der Waals surface area contributed by atoms with Crippen LogP contribution in [0.15, 0.2) is 24.3 Å².